The van der Waals surface area contributed by atoms with Gasteiger partial charge in [0.1, 0.15) is 5.82 Å². The van der Waals surface area contributed by atoms with E-state index in [9.17, 15) is 4.39 Å². The highest BCUT2D eigenvalue weighted by molar-refractivity contribution is 5.97. The van der Waals surface area contributed by atoms with Gasteiger partial charge in [0.05, 0.1) is 0 Å². The maximum Gasteiger partial charge on any atom is 0.170 e. The number of hydrogen-bond donors (Lipinski definition) is 3. The standard InChI is InChI=1S/C15H24FN3O2/c1-2-3-8-21-9-4-7-18-11-13-6-5-12(10-14(13)16)15(17)19-20/h5-6,10,18,20H,2-4,7-9,11H2,1H3,(H2,17,19). The predicted octanol–water partition coefficient (Wildman–Crippen LogP) is 2.22. The van der Waals surface area contributed by atoms with Crippen LogP contribution in [-0.2, 0) is 11.3 Å². The minimum atomic E-state index is -0.370. The van der Waals surface area contributed by atoms with Crippen LogP contribution in [0, 0.1) is 5.82 Å². The fourth-order valence-corrected chi connectivity index (χ4v) is 1.78. The van der Waals surface area contributed by atoms with E-state index in [1.54, 1.807) is 12.1 Å². The van der Waals surface area contributed by atoms with Crippen molar-refractivity contribution in [1.82, 2.24) is 5.32 Å². The summed E-state index contributed by atoms with van der Waals surface area (Å²) in [5.41, 5.74) is 6.32. The Labute approximate surface area is 125 Å². The number of benzene rings is 1. The fraction of sp³-hybridized carbons (Fsp3) is 0.533. The van der Waals surface area contributed by atoms with Crippen molar-refractivity contribution in [3.8, 4) is 0 Å². The van der Waals surface area contributed by atoms with Crippen LogP contribution in [0.2, 0.25) is 0 Å². The number of unbranched alkanes of at least 4 members (excludes halogenated alkanes) is 1. The molecule has 0 aromatic heterocycles. The number of nitrogens with two attached hydrogens (primary N) is 1. The second kappa shape index (κ2) is 10.1. The van der Waals surface area contributed by atoms with Gasteiger partial charge < -0.3 is 21.0 Å². The number of amidine groups is 1. The molecular formula is C15H24FN3O2. The largest absolute Gasteiger partial charge is 0.409 e. The van der Waals surface area contributed by atoms with Crippen molar-refractivity contribution in [2.45, 2.75) is 32.7 Å². The zero-order chi connectivity index (χ0) is 15.5. The SMILES string of the molecule is CCCCOCCCNCc1ccc(/C(N)=N/O)cc1F. The van der Waals surface area contributed by atoms with Crippen LogP contribution in [0.1, 0.15) is 37.3 Å². The monoisotopic (exact) mass is 297 g/mol. The molecule has 0 fully saturated rings. The fourth-order valence-electron chi connectivity index (χ4n) is 1.78. The normalized spacial score (nSPS) is 11.8. The Morgan fingerprint density at radius 3 is 2.81 bits per heavy atom. The minimum absolute atomic E-state index is 0.0994. The van der Waals surface area contributed by atoms with Gasteiger partial charge in [-0.2, -0.15) is 0 Å². The molecule has 0 spiro atoms. The molecule has 0 aliphatic rings. The van der Waals surface area contributed by atoms with Gasteiger partial charge in [-0.3, -0.25) is 0 Å². The van der Waals surface area contributed by atoms with Gasteiger partial charge in [-0.05, 0) is 25.5 Å². The minimum Gasteiger partial charge on any atom is -0.409 e. The Bertz CT molecular complexity index is 453. The Morgan fingerprint density at radius 1 is 1.38 bits per heavy atom. The van der Waals surface area contributed by atoms with Crippen LogP contribution in [-0.4, -0.2) is 30.8 Å². The molecule has 1 rings (SSSR count). The number of ether oxygens (including phenoxy) is 1. The number of oxime groups is 1. The molecule has 0 amide bonds. The van der Waals surface area contributed by atoms with Crippen molar-refractivity contribution in [1.29, 1.82) is 0 Å². The van der Waals surface area contributed by atoms with E-state index in [2.05, 4.69) is 17.4 Å². The van der Waals surface area contributed by atoms with E-state index >= 15 is 0 Å². The van der Waals surface area contributed by atoms with Gasteiger partial charge in [-0.25, -0.2) is 4.39 Å². The smallest absolute Gasteiger partial charge is 0.170 e. The summed E-state index contributed by atoms with van der Waals surface area (Å²) in [6.07, 6.45) is 3.12. The molecule has 4 N–H and O–H groups in total. The highest BCUT2D eigenvalue weighted by atomic mass is 19.1. The van der Waals surface area contributed by atoms with Crippen LogP contribution >= 0.6 is 0 Å². The van der Waals surface area contributed by atoms with Crippen molar-refractivity contribution in [3.63, 3.8) is 0 Å². The molecule has 21 heavy (non-hydrogen) atoms. The number of hydrogen-bond acceptors (Lipinski definition) is 4. The number of nitrogens with one attached hydrogen (secondary N) is 1. The van der Waals surface area contributed by atoms with E-state index in [1.165, 1.54) is 6.07 Å². The van der Waals surface area contributed by atoms with Crippen molar-refractivity contribution in [2.24, 2.45) is 10.9 Å². The lowest BCUT2D eigenvalue weighted by Crippen LogP contribution is -2.18. The highest BCUT2D eigenvalue weighted by Gasteiger charge is 2.06. The lowest BCUT2D eigenvalue weighted by atomic mass is 10.1. The third kappa shape index (κ3) is 6.55. The first-order valence-corrected chi connectivity index (χ1v) is 7.23. The van der Waals surface area contributed by atoms with Crippen LogP contribution < -0.4 is 11.1 Å². The second-order valence-corrected chi connectivity index (χ2v) is 4.79. The molecule has 0 atom stereocenters. The molecule has 0 aliphatic carbocycles. The van der Waals surface area contributed by atoms with E-state index in [0.717, 1.165) is 39.0 Å². The summed E-state index contributed by atoms with van der Waals surface area (Å²) >= 11 is 0. The molecule has 1 aromatic rings. The van der Waals surface area contributed by atoms with Gasteiger partial charge in [0.15, 0.2) is 5.84 Å². The summed E-state index contributed by atoms with van der Waals surface area (Å²) in [6.45, 7) is 4.87. The first kappa shape index (κ1) is 17.4. The maximum atomic E-state index is 13.8. The van der Waals surface area contributed by atoms with Crippen molar-refractivity contribution < 1.29 is 14.3 Å². The van der Waals surface area contributed by atoms with E-state index < -0.39 is 0 Å². The molecule has 1 aromatic carbocycles. The van der Waals surface area contributed by atoms with Gasteiger partial charge in [-0.15, -0.1) is 0 Å². The third-order valence-electron chi connectivity index (χ3n) is 3.06. The molecule has 5 nitrogen and oxygen atoms in total. The molecule has 0 saturated heterocycles. The lowest BCUT2D eigenvalue weighted by molar-refractivity contribution is 0.128. The summed E-state index contributed by atoms with van der Waals surface area (Å²) in [6, 6.07) is 4.52. The van der Waals surface area contributed by atoms with Crippen LogP contribution in [0.3, 0.4) is 0 Å². The first-order valence-electron chi connectivity index (χ1n) is 7.23. The van der Waals surface area contributed by atoms with E-state index in [0.29, 0.717) is 17.7 Å². The van der Waals surface area contributed by atoms with Gasteiger partial charge in [-0.1, -0.05) is 30.6 Å². The Kier molecular flexibility index (Phi) is 8.38. The Balaban J connectivity index is 2.26. The van der Waals surface area contributed by atoms with Crippen molar-refractivity contribution in [3.05, 3.63) is 35.1 Å². The molecular weight excluding hydrogens is 273 g/mol. The van der Waals surface area contributed by atoms with Crippen molar-refractivity contribution in [2.75, 3.05) is 19.8 Å². The average molecular weight is 297 g/mol. The van der Waals surface area contributed by atoms with Crippen molar-refractivity contribution >= 4 is 5.84 Å². The lowest BCUT2D eigenvalue weighted by Gasteiger charge is -2.08. The van der Waals surface area contributed by atoms with Gasteiger partial charge in [0.2, 0.25) is 0 Å². The Morgan fingerprint density at radius 2 is 2.14 bits per heavy atom. The van der Waals surface area contributed by atoms with E-state index in [-0.39, 0.29) is 11.7 Å². The molecule has 0 aliphatic heterocycles. The predicted molar refractivity (Wildman–Crippen MR) is 81.0 cm³/mol. The number of rotatable bonds is 10. The zero-order valence-corrected chi connectivity index (χ0v) is 12.4. The zero-order valence-electron chi connectivity index (χ0n) is 12.4. The molecule has 118 valence electrons. The molecule has 0 bridgehead atoms. The first-order chi connectivity index (χ1) is 10.2. The highest BCUT2D eigenvalue weighted by Crippen LogP contribution is 2.10. The summed E-state index contributed by atoms with van der Waals surface area (Å²) in [5.74, 6) is -0.469. The Hall–Kier alpha value is -1.66. The van der Waals surface area contributed by atoms with Crippen LogP contribution in [0.15, 0.2) is 23.4 Å². The quantitative estimate of drug-likeness (QED) is 0.203. The molecule has 0 saturated carbocycles. The van der Waals surface area contributed by atoms with E-state index in [1.807, 2.05) is 0 Å². The summed E-state index contributed by atoms with van der Waals surface area (Å²) in [7, 11) is 0. The third-order valence-corrected chi connectivity index (χ3v) is 3.06. The molecule has 0 heterocycles. The summed E-state index contributed by atoms with van der Waals surface area (Å²) in [5, 5.41) is 14.6. The van der Waals surface area contributed by atoms with Gasteiger partial charge >= 0.3 is 0 Å². The number of nitrogens with zero attached hydrogens (tertiary/aromatic N) is 1. The van der Waals surface area contributed by atoms with Gasteiger partial charge in [0, 0.05) is 30.9 Å². The maximum absolute atomic E-state index is 13.8. The van der Waals surface area contributed by atoms with Crippen LogP contribution in [0.5, 0.6) is 0 Å². The summed E-state index contributed by atoms with van der Waals surface area (Å²) in [4.78, 5) is 0. The molecule has 0 unspecified atom stereocenters. The molecule has 6 heteroatoms. The second-order valence-electron chi connectivity index (χ2n) is 4.79. The molecule has 0 radical (unpaired) electrons. The van der Waals surface area contributed by atoms with Gasteiger partial charge in [0.25, 0.3) is 0 Å². The van der Waals surface area contributed by atoms with Crippen LogP contribution in [0.4, 0.5) is 4.39 Å². The van der Waals surface area contributed by atoms with E-state index in [4.69, 9.17) is 15.7 Å². The topological polar surface area (TPSA) is 79.9 Å². The number of halogens is 1. The van der Waals surface area contributed by atoms with Crippen LogP contribution in [0.25, 0.3) is 0 Å². The summed E-state index contributed by atoms with van der Waals surface area (Å²) < 4.78 is 19.2. The average Bonchev–Trinajstić information content (AvgIpc) is 2.50.